The van der Waals surface area contributed by atoms with Crippen LogP contribution in [0.25, 0.3) is 0 Å². The minimum atomic E-state index is -1.05. The van der Waals surface area contributed by atoms with E-state index in [-0.39, 0.29) is 11.3 Å². The van der Waals surface area contributed by atoms with Gasteiger partial charge in [-0.1, -0.05) is 19.1 Å². The summed E-state index contributed by atoms with van der Waals surface area (Å²) in [6.45, 7) is 2.40. The molecule has 0 spiro atoms. The molecule has 1 aromatic carbocycles. The van der Waals surface area contributed by atoms with Gasteiger partial charge in [0.1, 0.15) is 0 Å². The van der Waals surface area contributed by atoms with Crippen molar-refractivity contribution in [1.29, 1.82) is 0 Å². The number of nitrogens with one attached hydrogen (secondary N) is 2. The van der Waals surface area contributed by atoms with Gasteiger partial charge in [0.15, 0.2) is 0 Å². The molecule has 0 atom stereocenters. The van der Waals surface area contributed by atoms with E-state index in [0.717, 1.165) is 18.2 Å². The van der Waals surface area contributed by atoms with Crippen molar-refractivity contribution in [3.05, 3.63) is 29.8 Å². The van der Waals surface area contributed by atoms with E-state index in [4.69, 9.17) is 5.11 Å². The number of hydrogen-bond acceptors (Lipinski definition) is 4. The second kappa shape index (κ2) is 8.21. The third-order valence-corrected chi connectivity index (χ3v) is 3.34. The quantitative estimate of drug-likeness (QED) is 0.695. The molecule has 0 saturated heterocycles. The van der Waals surface area contributed by atoms with Gasteiger partial charge in [0.2, 0.25) is 5.91 Å². The van der Waals surface area contributed by atoms with Gasteiger partial charge in [0.25, 0.3) is 0 Å². The van der Waals surface area contributed by atoms with Gasteiger partial charge in [-0.3, -0.25) is 10.1 Å². The van der Waals surface area contributed by atoms with Crippen LogP contribution in [0.3, 0.4) is 0 Å². The molecule has 0 aliphatic heterocycles. The molecule has 0 radical (unpaired) electrons. The molecule has 6 nitrogen and oxygen atoms in total. The van der Waals surface area contributed by atoms with Crippen LogP contribution >= 0.6 is 11.8 Å². The van der Waals surface area contributed by atoms with Crippen LogP contribution in [0.5, 0.6) is 0 Å². The molecule has 0 aliphatic carbocycles. The van der Waals surface area contributed by atoms with E-state index in [2.05, 4.69) is 10.6 Å². The third-order valence-electron chi connectivity index (χ3n) is 2.26. The molecular formula is C13H16N2O4S. The Labute approximate surface area is 120 Å². The number of thioether (sulfide) groups is 1. The Morgan fingerprint density at radius 1 is 1.25 bits per heavy atom. The van der Waals surface area contributed by atoms with E-state index < -0.39 is 17.9 Å². The predicted octanol–water partition coefficient (Wildman–Crippen LogP) is 1.71. The third kappa shape index (κ3) is 5.31. The highest BCUT2D eigenvalue weighted by Gasteiger charge is 2.12. The van der Waals surface area contributed by atoms with Crippen molar-refractivity contribution in [2.24, 2.45) is 0 Å². The molecule has 3 amide bonds. The molecule has 0 bridgehead atoms. The molecule has 1 rings (SSSR count). The molecule has 108 valence electrons. The average molecular weight is 296 g/mol. The largest absolute Gasteiger partial charge is 0.478 e. The number of amides is 3. The SMILES string of the molecule is CCCNC(=O)NC(=O)CSc1ccccc1C(=O)O. The molecule has 3 N–H and O–H groups in total. The fourth-order valence-corrected chi connectivity index (χ4v) is 2.20. The summed E-state index contributed by atoms with van der Waals surface area (Å²) in [4.78, 5) is 34.3. The first-order chi connectivity index (χ1) is 9.54. The van der Waals surface area contributed by atoms with Crippen molar-refractivity contribution in [2.75, 3.05) is 12.3 Å². The minimum Gasteiger partial charge on any atom is -0.478 e. The lowest BCUT2D eigenvalue weighted by molar-refractivity contribution is -0.117. The minimum absolute atomic E-state index is 0.0240. The normalized spacial score (nSPS) is 9.85. The van der Waals surface area contributed by atoms with Gasteiger partial charge >= 0.3 is 12.0 Å². The molecule has 0 heterocycles. The number of carboxylic acid groups (broad SMARTS) is 1. The summed E-state index contributed by atoms with van der Waals surface area (Å²) in [5, 5.41) is 13.7. The van der Waals surface area contributed by atoms with Crippen molar-refractivity contribution in [3.63, 3.8) is 0 Å². The number of hydrogen-bond donors (Lipinski definition) is 3. The van der Waals surface area contributed by atoms with Crippen LogP contribution in [-0.2, 0) is 4.79 Å². The van der Waals surface area contributed by atoms with Gasteiger partial charge < -0.3 is 10.4 Å². The predicted molar refractivity (Wildman–Crippen MR) is 76.0 cm³/mol. The van der Waals surface area contributed by atoms with Crippen LogP contribution in [0.1, 0.15) is 23.7 Å². The zero-order valence-electron chi connectivity index (χ0n) is 11.0. The number of carboxylic acids is 1. The van der Waals surface area contributed by atoms with Crippen LogP contribution in [0.4, 0.5) is 4.79 Å². The Morgan fingerprint density at radius 3 is 2.60 bits per heavy atom. The van der Waals surface area contributed by atoms with E-state index in [9.17, 15) is 14.4 Å². The fraction of sp³-hybridized carbons (Fsp3) is 0.308. The van der Waals surface area contributed by atoms with E-state index in [1.165, 1.54) is 6.07 Å². The zero-order valence-corrected chi connectivity index (χ0v) is 11.8. The number of benzene rings is 1. The number of aromatic carboxylic acids is 1. The van der Waals surface area contributed by atoms with Crippen molar-refractivity contribution >= 4 is 29.7 Å². The molecule has 0 saturated carbocycles. The maximum atomic E-state index is 11.5. The molecule has 0 unspecified atom stereocenters. The summed E-state index contributed by atoms with van der Waals surface area (Å²) in [5.74, 6) is -1.54. The molecule has 0 fully saturated rings. The molecule has 20 heavy (non-hydrogen) atoms. The highest BCUT2D eigenvalue weighted by Crippen LogP contribution is 2.22. The molecule has 0 aliphatic rings. The van der Waals surface area contributed by atoms with E-state index in [1.54, 1.807) is 18.2 Å². The summed E-state index contributed by atoms with van der Waals surface area (Å²) in [5.41, 5.74) is 0.140. The van der Waals surface area contributed by atoms with Crippen LogP contribution in [-0.4, -0.2) is 35.3 Å². The summed E-state index contributed by atoms with van der Waals surface area (Å²) in [7, 11) is 0. The zero-order chi connectivity index (χ0) is 15.0. The molecular weight excluding hydrogens is 280 g/mol. The summed E-state index contributed by atoms with van der Waals surface area (Å²) < 4.78 is 0. The highest BCUT2D eigenvalue weighted by atomic mass is 32.2. The van der Waals surface area contributed by atoms with Crippen LogP contribution in [0, 0.1) is 0 Å². The lowest BCUT2D eigenvalue weighted by Crippen LogP contribution is -2.40. The summed E-state index contributed by atoms with van der Waals surface area (Å²) in [6.07, 6.45) is 0.780. The number of carbonyl (C=O) groups is 3. The molecule has 7 heteroatoms. The number of rotatable bonds is 6. The monoisotopic (exact) mass is 296 g/mol. The van der Waals surface area contributed by atoms with Crippen molar-refractivity contribution in [3.8, 4) is 0 Å². The number of imide groups is 1. The lowest BCUT2D eigenvalue weighted by atomic mass is 10.2. The Kier molecular flexibility index (Phi) is 6.58. The second-order valence-electron chi connectivity index (χ2n) is 3.89. The lowest BCUT2D eigenvalue weighted by Gasteiger charge is -2.07. The maximum Gasteiger partial charge on any atom is 0.336 e. The van der Waals surface area contributed by atoms with Gasteiger partial charge in [-0.2, -0.15) is 0 Å². The van der Waals surface area contributed by atoms with Crippen LogP contribution < -0.4 is 10.6 Å². The Hall–Kier alpha value is -2.02. The van der Waals surface area contributed by atoms with Gasteiger partial charge in [-0.25, -0.2) is 9.59 Å². The second-order valence-corrected chi connectivity index (χ2v) is 4.91. The summed E-state index contributed by atoms with van der Waals surface area (Å²) >= 11 is 1.08. The van der Waals surface area contributed by atoms with E-state index in [0.29, 0.717) is 11.4 Å². The molecule has 0 aromatic heterocycles. The van der Waals surface area contributed by atoms with Crippen LogP contribution in [0.2, 0.25) is 0 Å². The van der Waals surface area contributed by atoms with E-state index >= 15 is 0 Å². The Balaban J connectivity index is 2.49. The van der Waals surface area contributed by atoms with E-state index in [1.807, 2.05) is 6.92 Å². The average Bonchev–Trinajstić information content (AvgIpc) is 2.43. The van der Waals surface area contributed by atoms with Crippen molar-refractivity contribution < 1.29 is 19.5 Å². The fourth-order valence-electron chi connectivity index (χ4n) is 1.36. The smallest absolute Gasteiger partial charge is 0.336 e. The van der Waals surface area contributed by atoms with Gasteiger partial charge in [0.05, 0.1) is 11.3 Å². The molecule has 1 aromatic rings. The first-order valence-electron chi connectivity index (χ1n) is 6.07. The number of urea groups is 1. The Bertz CT molecular complexity index is 505. The Morgan fingerprint density at radius 2 is 1.95 bits per heavy atom. The van der Waals surface area contributed by atoms with Gasteiger partial charge in [-0.15, -0.1) is 11.8 Å². The topological polar surface area (TPSA) is 95.5 Å². The summed E-state index contributed by atoms with van der Waals surface area (Å²) in [6, 6.07) is 5.87. The van der Waals surface area contributed by atoms with Crippen molar-refractivity contribution in [2.45, 2.75) is 18.2 Å². The standard InChI is InChI=1S/C13H16N2O4S/c1-2-7-14-13(19)15-11(16)8-20-10-6-4-3-5-9(10)12(17)18/h3-6H,2,7-8H2,1H3,(H,17,18)(H2,14,15,16,19). The van der Waals surface area contributed by atoms with Gasteiger partial charge in [0, 0.05) is 11.4 Å². The first kappa shape index (κ1) is 16.0. The number of carbonyl (C=O) groups excluding carboxylic acids is 2. The van der Waals surface area contributed by atoms with Gasteiger partial charge in [-0.05, 0) is 18.6 Å². The van der Waals surface area contributed by atoms with Crippen LogP contribution in [0.15, 0.2) is 29.2 Å². The maximum absolute atomic E-state index is 11.5. The first-order valence-corrected chi connectivity index (χ1v) is 7.06. The van der Waals surface area contributed by atoms with Crippen molar-refractivity contribution in [1.82, 2.24) is 10.6 Å². The highest BCUT2D eigenvalue weighted by molar-refractivity contribution is 8.00.